The molecule has 5 nitrogen and oxygen atoms in total. The second-order valence-electron chi connectivity index (χ2n) is 30.1. The van der Waals surface area contributed by atoms with Gasteiger partial charge in [-0.25, -0.2) is 4.57 Å². The van der Waals surface area contributed by atoms with Gasteiger partial charge in [-0.3, -0.25) is 0 Å². The van der Waals surface area contributed by atoms with E-state index in [4.69, 9.17) is 4.42 Å². The minimum absolute atomic E-state index is 0.0245. The number of nitrogens with zero attached hydrogens (tertiary/aromatic N) is 4. The molecule has 0 radical (unpaired) electrons. The summed E-state index contributed by atoms with van der Waals surface area (Å²) < 4.78 is 18.0. The quantitative estimate of drug-likeness (QED) is 0.125. The molecule has 0 aliphatic carbocycles. The smallest absolute Gasteiger partial charge is 0.299 e. The van der Waals surface area contributed by atoms with E-state index in [1.807, 2.05) is 0 Å². The van der Waals surface area contributed by atoms with Crippen LogP contribution in [-0.2, 0) is 28.7 Å². The standard InChI is InChI=1S/C79H80BN4O/c1-43(2)51-23-21-24-52(44(3)4)70(51)84-65-28-20-19-27-64(65)81(18)75(84)68-45(5)29-32-55-54-26-22-25-53(73(54)85-74(55)68)46-35-66-69-67(36-46)83-63-34-31-48(77(9,10)11)38-57(63)59-40-50(79(15,16)17)42-61(72(59)83)80(69)60-41-49(78(12,13)14)39-58-56-37-47(76(6,7)8)30-33-62(56)82(66)71(58)60/h19-44H,1-18H3/q+1. The summed E-state index contributed by atoms with van der Waals surface area (Å²) in [6, 6.07) is 57.2. The van der Waals surface area contributed by atoms with E-state index >= 15 is 0 Å². The molecule has 6 heteroatoms. The first-order valence-electron chi connectivity index (χ1n) is 31.2. The highest BCUT2D eigenvalue weighted by Crippen LogP contribution is 2.48. The first-order valence-corrected chi connectivity index (χ1v) is 31.2. The van der Waals surface area contributed by atoms with E-state index in [1.54, 1.807) is 0 Å². The molecule has 0 unspecified atom stereocenters. The average molecular weight is 1110 g/mol. The molecule has 6 heterocycles. The highest BCUT2D eigenvalue weighted by molar-refractivity contribution is 7.00. The van der Waals surface area contributed by atoms with Crippen molar-refractivity contribution in [2.75, 3.05) is 0 Å². The number of rotatable bonds is 5. The van der Waals surface area contributed by atoms with Crippen LogP contribution in [0.1, 0.15) is 162 Å². The van der Waals surface area contributed by atoms with Gasteiger partial charge in [-0.05, 0) is 151 Å². The Morgan fingerprint density at radius 2 is 0.941 bits per heavy atom. The van der Waals surface area contributed by atoms with Crippen molar-refractivity contribution < 1.29 is 8.98 Å². The number of furan rings is 1. The van der Waals surface area contributed by atoms with Crippen LogP contribution in [-0.4, -0.2) is 20.4 Å². The van der Waals surface area contributed by atoms with E-state index in [1.165, 1.54) is 127 Å². The second kappa shape index (κ2) is 17.8. The molecule has 2 aliphatic heterocycles. The van der Waals surface area contributed by atoms with Gasteiger partial charge in [-0.15, -0.1) is 0 Å². The third-order valence-electron chi connectivity index (χ3n) is 19.8. The van der Waals surface area contributed by atoms with Crippen molar-refractivity contribution in [1.29, 1.82) is 0 Å². The molecular formula is C79H80BN4O+. The van der Waals surface area contributed by atoms with Crippen molar-refractivity contribution in [3.8, 4) is 39.6 Å². The van der Waals surface area contributed by atoms with Crippen molar-refractivity contribution >= 4 is 99.7 Å². The number of aromatic nitrogens is 4. The maximum atomic E-state index is 7.73. The van der Waals surface area contributed by atoms with Gasteiger partial charge in [0.1, 0.15) is 16.8 Å². The Morgan fingerprint density at radius 3 is 1.46 bits per heavy atom. The highest BCUT2D eigenvalue weighted by atomic mass is 16.3. The maximum Gasteiger partial charge on any atom is 0.299 e. The van der Waals surface area contributed by atoms with Crippen LogP contribution in [0.15, 0.2) is 150 Å². The predicted octanol–water partition coefficient (Wildman–Crippen LogP) is 18.8. The first kappa shape index (κ1) is 53.6. The van der Waals surface area contributed by atoms with Crippen molar-refractivity contribution in [1.82, 2.24) is 13.7 Å². The minimum atomic E-state index is -0.0869. The SMILES string of the molecule is Cc1ccc2c(oc3c(-c4cc5c6c(c4)-n4c7ccc(C(C)(C)C)cc7c7cc(C(C)(C)C)cc(c74)B6c4cc(C(C)(C)C)cc6c7cc(C(C)(C)C)ccc7n-5c46)cccc32)c1-c1n(-c2c(C(C)C)cccc2C(C)C)c2ccccc2[n+]1C. The molecule has 13 aromatic rings. The molecule has 4 aromatic heterocycles. The van der Waals surface area contributed by atoms with Gasteiger partial charge in [0.15, 0.2) is 16.6 Å². The number of imidazole rings is 1. The normalized spacial score (nSPS) is 13.7. The molecule has 424 valence electrons. The summed E-state index contributed by atoms with van der Waals surface area (Å²) in [5.74, 6) is 1.73. The van der Waals surface area contributed by atoms with Crippen molar-refractivity contribution in [2.45, 2.75) is 151 Å². The highest BCUT2D eigenvalue weighted by Gasteiger charge is 2.44. The molecule has 0 amide bonds. The van der Waals surface area contributed by atoms with Crippen LogP contribution in [0.3, 0.4) is 0 Å². The summed E-state index contributed by atoms with van der Waals surface area (Å²) in [4.78, 5) is 0. The summed E-state index contributed by atoms with van der Waals surface area (Å²) in [5, 5.41) is 7.50. The summed E-state index contributed by atoms with van der Waals surface area (Å²) in [7, 11) is 2.24. The molecular weight excluding hydrogens is 1030 g/mol. The lowest BCUT2D eigenvalue weighted by Gasteiger charge is -2.36. The Hall–Kier alpha value is -8.09. The van der Waals surface area contributed by atoms with Crippen LogP contribution in [0.4, 0.5) is 0 Å². The van der Waals surface area contributed by atoms with Crippen LogP contribution in [0.2, 0.25) is 0 Å². The van der Waals surface area contributed by atoms with E-state index < -0.39 is 0 Å². The van der Waals surface area contributed by atoms with Crippen molar-refractivity contribution in [2.24, 2.45) is 7.05 Å². The number of para-hydroxylation sites is 4. The Labute approximate surface area is 502 Å². The van der Waals surface area contributed by atoms with Crippen molar-refractivity contribution in [3.05, 3.63) is 185 Å². The van der Waals surface area contributed by atoms with E-state index in [0.717, 1.165) is 44.5 Å². The third kappa shape index (κ3) is 7.58. The lowest BCUT2D eigenvalue weighted by Crippen LogP contribution is -2.59. The summed E-state index contributed by atoms with van der Waals surface area (Å²) >= 11 is 0. The molecule has 0 bridgehead atoms. The zero-order valence-corrected chi connectivity index (χ0v) is 53.3. The van der Waals surface area contributed by atoms with E-state index in [-0.39, 0.29) is 28.4 Å². The maximum absolute atomic E-state index is 7.73. The van der Waals surface area contributed by atoms with Gasteiger partial charge in [0.2, 0.25) is 0 Å². The third-order valence-corrected chi connectivity index (χ3v) is 19.8. The zero-order valence-electron chi connectivity index (χ0n) is 53.3. The Kier molecular flexibility index (Phi) is 11.2. The van der Waals surface area contributed by atoms with Gasteiger partial charge < -0.3 is 13.6 Å². The largest absolute Gasteiger partial charge is 0.454 e. The van der Waals surface area contributed by atoms with Gasteiger partial charge in [-0.1, -0.05) is 196 Å². The van der Waals surface area contributed by atoms with E-state index in [0.29, 0.717) is 11.8 Å². The van der Waals surface area contributed by atoms with Gasteiger partial charge in [0, 0.05) is 71.4 Å². The average Bonchev–Trinajstić information content (AvgIpc) is 1.61. The molecule has 0 saturated heterocycles. The molecule has 0 atom stereocenters. The lowest BCUT2D eigenvalue weighted by atomic mass is 9.34. The Balaban J connectivity index is 1.08. The van der Waals surface area contributed by atoms with Gasteiger partial charge >= 0.3 is 0 Å². The van der Waals surface area contributed by atoms with Crippen LogP contribution < -0.4 is 21.0 Å². The molecule has 85 heavy (non-hydrogen) atoms. The number of aryl methyl sites for hydroxylation is 2. The second-order valence-corrected chi connectivity index (χ2v) is 30.1. The zero-order chi connectivity index (χ0) is 59.6. The first-order chi connectivity index (χ1) is 40.2. The summed E-state index contributed by atoms with van der Waals surface area (Å²) in [6.45, 7) is 39.9. The van der Waals surface area contributed by atoms with Crippen LogP contribution >= 0.6 is 0 Å². The van der Waals surface area contributed by atoms with Crippen LogP contribution in [0, 0.1) is 6.92 Å². The molecule has 0 fully saturated rings. The number of hydrogen-bond donors (Lipinski definition) is 0. The number of benzene rings is 9. The molecule has 15 rings (SSSR count). The van der Waals surface area contributed by atoms with Crippen LogP contribution in [0.5, 0.6) is 0 Å². The molecule has 0 saturated carbocycles. The van der Waals surface area contributed by atoms with Crippen LogP contribution in [0.25, 0.3) is 116 Å². The predicted molar refractivity (Wildman–Crippen MR) is 364 cm³/mol. The number of fused-ring (bicyclic) bond motifs is 14. The van der Waals surface area contributed by atoms with E-state index in [9.17, 15) is 0 Å². The topological polar surface area (TPSA) is 31.8 Å². The number of hydrogen-bond acceptors (Lipinski definition) is 1. The summed E-state index contributed by atoms with van der Waals surface area (Å²) in [6.07, 6.45) is 0. The summed E-state index contributed by atoms with van der Waals surface area (Å²) in [5.41, 5.74) is 29.5. The monoisotopic (exact) mass is 1110 g/mol. The fraction of sp³-hybridized carbons (Fsp3) is 0.304. The lowest BCUT2D eigenvalue weighted by molar-refractivity contribution is -0.633. The molecule has 0 spiro atoms. The van der Waals surface area contributed by atoms with E-state index in [2.05, 4.69) is 289 Å². The molecule has 0 N–H and O–H groups in total. The fourth-order valence-electron chi connectivity index (χ4n) is 15.1. The molecule has 2 aliphatic rings. The molecule has 9 aromatic carbocycles. The van der Waals surface area contributed by atoms with Gasteiger partial charge in [-0.2, -0.15) is 4.57 Å². The van der Waals surface area contributed by atoms with Crippen molar-refractivity contribution in [3.63, 3.8) is 0 Å². The minimum Gasteiger partial charge on any atom is -0.454 e. The fourth-order valence-corrected chi connectivity index (χ4v) is 15.1. The van der Waals surface area contributed by atoms with Gasteiger partial charge in [0.25, 0.3) is 12.5 Å². The Bertz CT molecular complexity index is 4870. The Morgan fingerprint density at radius 1 is 0.447 bits per heavy atom. The van der Waals surface area contributed by atoms with Gasteiger partial charge in [0.05, 0.1) is 18.1 Å².